The zero-order valence-electron chi connectivity index (χ0n) is 12.7. The lowest BCUT2D eigenvalue weighted by atomic mass is 10.1. The topological polar surface area (TPSA) is 85.0 Å². The van der Waals surface area contributed by atoms with Crippen molar-refractivity contribution in [2.75, 3.05) is 0 Å². The van der Waals surface area contributed by atoms with Crippen LogP contribution in [-0.2, 0) is 17.9 Å². The molecular weight excluding hydrogens is 362 g/mol. The van der Waals surface area contributed by atoms with E-state index in [1.807, 2.05) is 17.0 Å². The molecule has 3 atom stereocenters. The van der Waals surface area contributed by atoms with Gasteiger partial charge in [0, 0.05) is 38.1 Å². The Balaban J connectivity index is 1.44. The van der Waals surface area contributed by atoms with Crippen molar-refractivity contribution in [3.05, 3.63) is 35.6 Å². The van der Waals surface area contributed by atoms with Crippen LogP contribution in [0.25, 0.3) is 0 Å². The number of imidazole rings is 1. The average Bonchev–Trinajstić information content (AvgIpc) is 3.22. The molecule has 0 aromatic carbocycles. The van der Waals surface area contributed by atoms with Crippen LogP contribution in [0.3, 0.4) is 0 Å². The van der Waals surface area contributed by atoms with E-state index in [1.54, 1.807) is 23.4 Å². The number of aryl methyl sites for hydroxylation is 1. The highest BCUT2D eigenvalue weighted by Crippen LogP contribution is 2.27. The number of amides is 1. The molecule has 0 bridgehead atoms. The summed E-state index contributed by atoms with van der Waals surface area (Å²) in [6.07, 6.45) is 10.3. The van der Waals surface area contributed by atoms with Gasteiger partial charge in [0.25, 0.3) is 0 Å². The van der Waals surface area contributed by atoms with Gasteiger partial charge in [-0.05, 0) is 34.7 Å². The summed E-state index contributed by atoms with van der Waals surface area (Å²) in [7, 11) is 0. The molecule has 0 saturated heterocycles. The van der Waals surface area contributed by atoms with E-state index in [2.05, 4.69) is 31.3 Å². The van der Waals surface area contributed by atoms with Crippen molar-refractivity contribution in [1.29, 1.82) is 0 Å². The molecule has 3 rings (SSSR count). The van der Waals surface area contributed by atoms with Gasteiger partial charge in [-0.2, -0.15) is 5.10 Å². The molecule has 2 aromatic heterocycles. The van der Waals surface area contributed by atoms with Crippen molar-refractivity contribution in [3.63, 3.8) is 0 Å². The lowest BCUT2D eigenvalue weighted by Crippen LogP contribution is -2.40. The molecule has 0 spiro atoms. The fourth-order valence-corrected chi connectivity index (χ4v) is 3.40. The molecule has 1 fully saturated rings. The molecule has 124 valence electrons. The Bertz CT molecular complexity index is 642. The molecule has 0 radical (unpaired) electrons. The molecule has 1 saturated carbocycles. The predicted molar refractivity (Wildman–Crippen MR) is 87.4 cm³/mol. The van der Waals surface area contributed by atoms with Crippen molar-refractivity contribution in [2.24, 2.45) is 5.92 Å². The third-order valence-corrected chi connectivity index (χ3v) is 4.58. The van der Waals surface area contributed by atoms with Crippen molar-refractivity contribution < 1.29 is 9.90 Å². The number of rotatable bonds is 6. The summed E-state index contributed by atoms with van der Waals surface area (Å²) in [5, 5.41) is 17.2. The predicted octanol–water partition coefficient (Wildman–Crippen LogP) is 1.19. The molecule has 7 nitrogen and oxygen atoms in total. The summed E-state index contributed by atoms with van der Waals surface area (Å²) in [6.45, 7) is 1.35. The number of carbonyl (C=O) groups is 1. The molecule has 23 heavy (non-hydrogen) atoms. The van der Waals surface area contributed by atoms with E-state index >= 15 is 0 Å². The monoisotopic (exact) mass is 381 g/mol. The minimum absolute atomic E-state index is 0.0519. The summed E-state index contributed by atoms with van der Waals surface area (Å²) < 4.78 is 4.62. The van der Waals surface area contributed by atoms with Crippen LogP contribution in [0.2, 0.25) is 0 Å². The Kier molecular flexibility index (Phi) is 5.12. The smallest absolute Gasteiger partial charge is 0.222 e. The number of aliphatic hydroxyl groups is 1. The van der Waals surface area contributed by atoms with Gasteiger partial charge in [0.1, 0.15) is 0 Å². The number of hydrogen-bond acceptors (Lipinski definition) is 4. The molecule has 1 aliphatic rings. The van der Waals surface area contributed by atoms with Crippen LogP contribution in [0.15, 0.2) is 35.6 Å². The van der Waals surface area contributed by atoms with E-state index < -0.39 is 6.10 Å². The van der Waals surface area contributed by atoms with Gasteiger partial charge in [-0.3, -0.25) is 9.48 Å². The van der Waals surface area contributed by atoms with Gasteiger partial charge < -0.3 is 15.0 Å². The Morgan fingerprint density at radius 1 is 1.48 bits per heavy atom. The number of nitrogens with zero attached hydrogens (tertiary/aromatic N) is 4. The minimum atomic E-state index is -0.480. The SMILES string of the molecule is O=C(CCn1cc(Br)cn1)N[C@@H]1CC(Cn2ccnc2)C[C@H]1O. The second-order valence-electron chi connectivity index (χ2n) is 6.01. The van der Waals surface area contributed by atoms with Crippen molar-refractivity contribution >= 4 is 21.8 Å². The minimum Gasteiger partial charge on any atom is -0.391 e. The van der Waals surface area contributed by atoms with E-state index in [0.717, 1.165) is 17.4 Å². The largest absolute Gasteiger partial charge is 0.391 e. The Hall–Kier alpha value is -1.67. The van der Waals surface area contributed by atoms with Gasteiger partial charge >= 0.3 is 0 Å². The highest BCUT2D eigenvalue weighted by molar-refractivity contribution is 9.10. The highest BCUT2D eigenvalue weighted by Gasteiger charge is 2.33. The zero-order chi connectivity index (χ0) is 16.2. The Labute approximate surface area is 142 Å². The van der Waals surface area contributed by atoms with Gasteiger partial charge in [-0.15, -0.1) is 0 Å². The molecule has 0 aliphatic heterocycles. The number of aliphatic hydroxyl groups excluding tert-OH is 1. The lowest BCUT2D eigenvalue weighted by molar-refractivity contribution is -0.122. The van der Waals surface area contributed by atoms with Crippen LogP contribution in [-0.4, -0.2) is 42.5 Å². The van der Waals surface area contributed by atoms with Crippen LogP contribution in [0.4, 0.5) is 0 Å². The first kappa shape index (κ1) is 16.2. The van der Waals surface area contributed by atoms with Crippen LogP contribution >= 0.6 is 15.9 Å². The van der Waals surface area contributed by atoms with Crippen molar-refractivity contribution in [3.8, 4) is 0 Å². The number of carbonyl (C=O) groups excluding carboxylic acids is 1. The fourth-order valence-electron chi connectivity index (χ4n) is 3.07. The second-order valence-corrected chi connectivity index (χ2v) is 6.93. The average molecular weight is 382 g/mol. The molecule has 1 amide bonds. The van der Waals surface area contributed by atoms with E-state index in [0.29, 0.717) is 25.3 Å². The third kappa shape index (κ3) is 4.42. The maximum absolute atomic E-state index is 12.1. The van der Waals surface area contributed by atoms with Crippen molar-refractivity contribution in [2.45, 2.75) is 44.5 Å². The van der Waals surface area contributed by atoms with E-state index in [9.17, 15) is 9.90 Å². The van der Waals surface area contributed by atoms with Crippen LogP contribution in [0, 0.1) is 5.92 Å². The molecule has 1 unspecified atom stereocenters. The first-order valence-corrected chi connectivity index (χ1v) is 8.50. The van der Waals surface area contributed by atoms with E-state index in [1.165, 1.54) is 0 Å². The number of halogens is 1. The Morgan fingerprint density at radius 3 is 3.04 bits per heavy atom. The summed E-state index contributed by atoms with van der Waals surface area (Å²) in [5.74, 6) is 0.301. The van der Waals surface area contributed by atoms with Gasteiger partial charge in [0.05, 0.1) is 29.1 Å². The number of nitrogens with one attached hydrogen (secondary N) is 1. The molecule has 2 heterocycles. The highest BCUT2D eigenvalue weighted by atomic mass is 79.9. The van der Waals surface area contributed by atoms with Crippen molar-refractivity contribution in [1.82, 2.24) is 24.6 Å². The van der Waals surface area contributed by atoms with Gasteiger partial charge in [0.15, 0.2) is 0 Å². The van der Waals surface area contributed by atoms with Crippen LogP contribution < -0.4 is 5.32 Å². The molecule has 2 N–H and O–H groups in total. The van der Waals surface area contributed by atoms with E-state index in [-0.39, 0.29) is 11.9 Å². The second kappa shape index (κ2) is 7.27. The third-order valence-electron chi connectivity index (χ3n) is 4.17. The first-order valence-electron chi connectivity index (χ1n) is 7.71. The fraction of sp³-hybridized carbons (Fsp3) is 0.533. The molecule has 1 aliphatic carbocycles. The van der Waals surface area contributed by atoms with Crippen LogP contribution in [0.5, 0.6) is 0 Å². The standard InChI is InChI=1S/C15H20BrN5O2/c16-12-7-18-21(9-12)3-1-15(23)19-13-5-11(6-14(13)22)8-20-4-2-17-10-20/h2,4,7,9-11,13-14,22H,1,3,5-6,8H2,(H,19,23)/t11?,13-,14-/m1/s1. The first-order chi connectivity index (χ1) is 11.1. The van der Waals surface area contributed by atoms with Gasteiger partial charge in [0.2, 0.25) is 5.91 Å². The summed E-state index contributed by atoms with van der Waals surface area (Å²) in [4.78, 5) is 16.1. The number of hydrogen-bond donors (Lipinski definition) is 2. The molecular formula is C15H20BrN5O2. The van der Waals surface area contributed by atoms with Gasteiger partial charge in [-0.1, -0.05) is 0 Å². The zero-order valence-corrected chi connectivity index (χ0v) is 14.3. The van der Waals surface area contributed by atoms with Gasteiger partial charge in [-0.25, -0.2) is 4.98 Å². The Morgan fingerprint density at radius 2 is 2.35 bits per heavy atom. The summed E-state index contributed by atoms with van der Waals surface area (Å²) in [5.41, 5.74) is 0. The molecule has 2 aromatic rings. The quantitative estimate of drug-likeness (QED) is 0.786. The maximum Gasteiger partial charge on any atom is 0.222 e. The molecule has 8 heteroatoms. The summed E-state index contributed by atoms with van der Waals surface area (Å²) >= 11 is 3.33. The lowest BCUT2D eigenvalue weighted by Gasteiger charge is -2.16. The number of aromatic nitrogens is 4. The summed E-state index contributed by atoms with van der Waals surface area (Å²) in [6, 6.07) is -0.166. The van der Waals surface area contributed by atoms with E-state index in [4.69, 9.17) is 0 Å². The normalized spacial score (nSPS) is 24.0. The van der Waals surface area contributed by atoms with Crippen LogP contribution in [0.1, 0.15) is 19.3 Å². The maximum atomic E-state index is 12.1.